The smallest absolute Gasteiger partial charge is 0.331 e. The van der Waals surface area contributed by atoms with Gasteiger partial charge in [0.1, 0.15) is 11.9 Å². The van der Waals surface area contributed by atoms with E-state index in [0.717, 1.165) is 6.08 Å². The molecule has 0 fully saturated rings. The number of ether oxygens (including phenoxy) is 1. The van der Waals surface area contributed by atoms with Crippen molar-refractivity contribution in [3.05, 3.63) is 40.1 Å². The lowest BCUT2D eigenvalue weighted by Crippen LogP contribution is -2.46. The van der Waals surface area contributed by atoms with E-state index in [4.69, 9.17) is 4.74 Å². The minimum atomic E-state index is -0.796. The SMILES string of the molecule is CCNC(=O)[C@@H](C)NC(=O)COC(=O)/C=C/c1cc(Br)ccc1F. The van der Waals surface area contributed by atoms with Crippen LogP contribution in [0.3, 0.4) is 0 Å². The van der Waals surface area contributed by atoms with Crippen molar-refractivity contribution in [2.75, 3.05) is 13.2 Å². The van der Waals surface area contributed by atoms with Gasteiger partial charge >= 0.3 is 5.97 Å². The van der Waals surface area contributed by atoms with E-state index in [1.807, 2.05) is 0 Å². The van der Waals surface area contributed by atoms with Crippen molar-refractivity contribution >= 4 is 39.8 Å². The molecule has 24 heavy (non-hydrogen) atoms. The fourth-order valence-electron chi connectivity index (χ4n) is 1.66. The van der Waals surface area contributed by atoms with E-state index >= 15 is 0 Å². The van der Waals surface area contributed by atoms with E-state index in [1.165, 1.54) is 31.2 Å². The number of likely N-dealkylation sites (N-methyl/N-ethyl adjacent to an activating group) is 1. The molecule has 1 atom stereocenters. The molecule has 0 aliphatic heterocycles. The van der Waals surface area contributed by atoms with Crippen molar-refractivity contribution in [3.8, 4) is 0 Å². The zero-order valence-electron chi connectivity index (χ0n) is 13.3. The highest BCUT2D eigenvalue weighted by Crippen LogP contribution is 2.16. The van der Waals surface area contributed by atoms with Crippen molar-refractivity contribution in [3.63, 3.8) is 0 Å². The lowest BCUT2D eigenvalue weighted by atomic mass is 10.2. The molecule has 0 radical (unpaired) electrons. The Hall–Kier alpha value is -2.22. The summed E-state index contributed by atoms with van der Waals surface area (Å²) in [6.45, 7) is 3.19. The summed E-state index contributed by atoms with van der Waals surface area (Å²) < 4.78 is 18.9. The van der Waals surface area contributed by atoms with E-state index < -0.39 is 30.3 Å². The van der Waals surface area contributed by atoms with Crippen LogP contribution in [-0.2, 0) is 19.1 Å². The van der Waals surface area contributed by atoms with Crippen LogP contribution in [0, 0.1) is 5.82 Å². The molecule has 1 aromatic carbocycles. The zero-order valence-corrected chi connectivity index (χ0v) is 14.9. The zero-order chi connectivity index (χ0) is 18.1. The van der Waals surface area contributed by atoms with Gasteiger partial charge < -0.3 is 15.4 Å². The Kier molecular flexibility index (Phi) is 8.11. The van der Waals surface area contributed by atoms with E-state index in [0.29, 0.717) is 11.0 Å². The van der Waals surface area contributed by atoms with Gasteiger partial charge in [0.25, 0.3) is 5.91 Å². The minimum absolute atomic E-state index is 0.204. The van der Waals surface area contributed by atoms with Gasteiger partial charge in [0, 0.05) is 22.7 Å². The van der Waals surface area contributed by atoms with Crippen LogP contribution >= 0.6 is 15.9 Å². The van der Waals surface area contributed by atoms with Gasteiger partial charge in [-0.05, 0) is 38.1 Å². The molecule has 2 N–H and O–H groups in total. The standard InChI is InChI=1S/C16H18BrFN2O4/c1-3-19-16(23)10(2)20-14(21)9-24-15(22)7-4-11-8-12(17)5-6-13(11)18/h4-8,10H,3,9H2,1-2H3,(H,19,23)(H,20,21)/b7-4+/t10-/m1/s1. The first-order valence-electron chi connectivity index (χ1n) is 7.20. The van der Waals surface area contributed by atoms with Crippen molar-refractivity contribution in [1.82, 2.24) is 10.6 Å². The number of hydrogen-bond acceptors (Lipinski definition) is 4. The number of nitrogens with one attached hydrogen (secondary N) is 2. The normalized spacial score (nSPS) is 11.8. The van der Waals surface area contributed by atoms with Gasteiger partial charge in [0.2, 0.25) is 5.91 Å². The molecule has 0 saturated heterocycles. The topological polar surface area (TPSA) is 84.5 Å². The highest BCUT2D eigenvalue weighted by molar-refractivity contribution is 9.10. The van der Waals surface area contributed by atoms with Gasteiger partial charge in [-0.15, -0.1) is 0 Å². The third-order valence-corrected chi connectivity index (χ3v) is 3.32. The Morgan fingerprint density at radius 1 is 1.38 bits per heavy atom. The van der Waals surface area contributed by atoms with Gasteiger partial charge in [0.15, 0.2) is 6.61 Å². The highest BCUT2D eigenvalue weighted by atomic mass is 79.9. The molecule has 0 spiro atoms. The van der Waals surface area contributed by atoms with Crippen LogP contribution in [0.25, 0.3) is 6.08 Å². The van der Waals surface area contributed by atoms with Crippen molar-refractivity contribution in [2.24, 2.45) is 0 Å². The largest absolute Gasteiger partial charge is 0.452 e. The third-order valence-electron chi connectivity index (χ3n) is 2.82. The molecule has 0 saturated carbocycles. The van der Waals surface area contributed by atoms with Crippen LogP contribution in [-0.4, -0.2) is 37.0 Å². The number of rotatable bonds is 7. The molecule has 0 bridgehead atoms. The number of benzene rings is 1. The van der Waals surface area contributed by atoms with E-state index in [-0.39, 0.29) is 11.5 Å². The molecular weight excluding hydrogens is 383 g/mol. The fraction of sp³-hybridized carbons (Fsp3) is 0.312. The van der Waals surface area contributed by atoms with Gasteiger partial charge in [-0.3, -0.25) is 9.59 Å². The number of hydrogen-bond donors (Lipinski definition) is 2. The maximum absolute atomic E-state index is 13.5. The van der Waals surface area contributed by atoms with Crippen molar-refractivity contribution < 1.29 is 23.5 Å². The molecule has 8 heteroatoms. The van der Waals surface area contributed by atoms with Gasteiger partial charge in [0.05, 0.1) is 0 Å². The summed E-state index contributed by atoms with van der Waals surface area (Å²) >= 11 is 3.20. The Labute approximate surface area is 147 Å². The predicted octanol–water partition coefficient (Wildman–Crippen LogP) is 1.79. The minimum Gasteiger partial charge on any atom is -0.452 e. The molecule has 0 aliphatic carbocycles. The number of carbonyl (C=O) groups excluding carboxylic acids is 3. The van der Waals surface area contributed by atoms with Gasteiger partial charge in [-0.25, -0.2) is 9.18 Å². The Morgan fingerprint density at radius 3 is 2.75 bits per heavy atom. The first kappa shape index (κ1) is 19.8. The quantitative estimate of drug-likeness (QED) is 0.539. The van der Waals surface area contributed by atoms with Crippen molar-refractivity contribution in [2.45, 2.75) is 19.9 Å². The summed E-state index contributed by atoms with van der Waals surface area (Å²) in [5.74, 6) is -2.22. The Balaban J connectivity index is 2.45. The molecule has 6 nitrogen and oxygen atoms in total. The molecule has 0 aliphatic rings. The van der Waals surface area contributed by atoms with Crippen LogP contribution in [0.2, 0.25) is 0 Å². The van der Waals surface area contributed by atoms with Crippen LogP contribution in [0.1, 0.15) is 19.4 Å². The molecule has 1 rings (SSSR count). The van der Waals surface area contributed by atoms with Gasteiger partial charge in [-0.2, -0.15) is 0 Å². The van der Waals surface area contributed by atoms with E-state index in [2.05, 4.69) is 26.6 Å². The number of amides is 2. The molecule has 1 aromatic rings. The molecule has 2 amide bonds. The highest BCUT2D eigenvalue weighted by Gasteiger charge is 2.15. The summed E-state index contributed by atoms with van der Waals surface area (Å²) in [6, 6.07) is 3.55. The molecule has 130 valence electrons. The summed E-state index contributed by atoms with van der Waals surface area (Å²) in [5.41, 5.74) is 0.204. The van der Waals surface area contributed by atoms with Crippen LogP contribution in [0.15, 0.2) is 28.7 Å². The first-order valence-corrected chi connectivity index (χ1v) is 7.99. The predicted molar refractivity (Wildman–Crippen MR) is 90.4 cm³/mol. The molecule has 0 heterocycles. The second-order valence-electron chi connectivity index (χ2n) is 4.79. The Morgan fingerprint density at radius 2 is 2.08 bits per heavy atom. The number of carbonyl (C=O) groups is 3. The van der Waals surface area contributed by atoms with E-state index in [1.54, 1.807) is 6.92 Å². The monoisotopic (exact) mass is 400 g/mol. The summed E-state index contributed by atoms with van der Waals surface area (Å²) in [6.07, 6.45) is 2.27. The molecular formula is C16H18BrFN2O4. The summed E-state index contributed by atoms with van der Waals surface area (Å²) in [7, 11) is 0. The lowest BCUT2D eigenvalue weighted by Gasteiger charge is -2.12. The average Bonchev–Trinajstić information content (AvgIpc) is 2.53. The van der Waals surface area contributed by atoms with Crippen molar-refractivity contribution in [1.29, 1.82) is 0 Å². The maximum atomic E-state index is 13.5. The average molecular weight is 401 g/mol. The van der Waals surface area contributed by atoms with Crippen LogP contribution in [0.5, 0.6) is 0 Å². The maximum Gasteiger partial charge on any atom is 0.331 e. The van der Waals surface area contributed by atoms with Crippen LogP contribution in [0.4, 0.5) is 4.39 Å². The summed E-state index contributed by atoms with van der Waals surface area (Å²) in [5, 5.41) is 4.94. The number of esters is 1. The number of halogens is 2. The van der Waals surface area contributed by atoms with E-state index in [9.17, 15) is 18.8 Å². The second-order valence-corrected chi connectivity index (χ2v) is 5.71. The second kappa shape index (κ2) is 9.82. The first-order chi connectivity index (χ1) is 11.3. The molecule has 0 unspecified atom stereocenters. The lowest BCUT2D eigenvalue weighted by molar-refractivity contribution is -0.144. The van der Waals surface area contributed by atoms with Crippen LogP contribution < -0.4 is 10.6 Å². The van der Waals surface area contributed by atoms with Gasteiger partial charge in [-0.1, -0.05) is 15.9 Å². The third kappa shape index (κ3) is 6.91. The summed E-state index contributed by atoms with van der Waals surface area (Å²) in [4.78, 5) is 34.6. The molecule has 0 aromatic heterocycles. The Bertz CT molecular complexity index is 649. The fourth-order valence-corrected chi connectivity index (χ4v) is 2.04.